The highest BCUT2D eigenvalue weighted by Crippen LogP contribution is 2.20. The topological polar surface area (TPSA) is 45.7 Å². The minimum atomic E-state index is -0.320. The number of aromatic nitrogens is 1. The predicted octanol–water partition coefficient (Wildman–Crippen LogP) is 3.43. The van der Waals surface area contributed by atoms with Crippen molar-refractivity contribution in [3.8, 4) is 11.6 Å². The molecule has 1 amide bonds. The van der Waals surface area contributed by atoms with Gasteiger partial charge in [-0.15, -0.1) is 0 Å². The van der Waals surface area contributed by atoms with Crippen LogP contribution in [0.25, 0.3) is 0 Å². The highest BCUT2D eigenvalue weighted by molar-refractivity contribution is 5.94. The predicted molar refractivity (Wildman–Crippen MR) is 97.9 cm³/mol. The Hall–Kier alpha value is -2.47. The van der Waals surface area contributed by atoms with E-state index in [1.54, 1.807) is 12.1 Å². The lowest BCUT2D eigenvalue weighted by Crippen LogP contribution is -2.49. The zero-order chi connectivity index (χ0) is 18.5. The highest BCUT2D eigenvalue weighted by Gasteiger charge is 2.22. The van der Waals surface area contributed by atoms with Gasteiger partial charge in [-0.2, -0.15) is 0 Å². The first-order chi connectivity index (χ1) is 12.5. The second-order valence-corrected chi connectivity index (χ2v) is 6.93. The van der Waals surface area contributed by atoms with Gasteiger partial charge in [0.25, 0.3) is 5.91 Å². The zero-order valence-corrected chi connectivity index (χ0v) is 15.2. The van der Waals surface area contributed by atoms with Crippen LogP contribution in [0.3, 0.4) is 0 Å². The van der Waals surface area contributed by atoms with Gasteiger partial charge in [0.15, 0.2) is 0 Å². The van der Waals surface area contributed by atoms with E-state index in [9.17, 15) is 9.18 Å². The second kappa shape index (κ2) is 8.27. The first kappa shape index (κ1) is 18.3. The van der Waals surface area contributed by atoms with E-state index < -0.39 is 0 Å². The van der Waals surface area contributed by atoms with Crippen molar-refractivity contribution in [2.24, 2.45) is 5.92 Å². The molecule has 0 bridgehead atoms. The summed E-state index contributed by atoms with van der Waals surface area (Å²) < 4.78 is 18.5. The number of nitrogens with zero attached hydrogens (tertiary/aromatic N) is 3. The van der Waals surface area contributed by atoms with Gasteiger partial charge in [-0.3, -0.25) is 9.69 Å². The van der Waals surface area contributed by atoms with Crippen LogP contribution in [0, 0.1) is 11.7 Å². The SMILES string of the molecule is CC(C)CN1CCN(C(=O)c2ccc(Oc3ccc(F)cc3)nc2)CC1. The molecule has 0 aliphatic carbocycles. The minimum absolute atomic E-state index is 0.00460. The van der Waals surface area contributed by atoms with E-state index in [1.807, 2.05) is 4.90 Å². The Kier molecular flexibility index (Phi) is 5.83. The van der Waals surface area contributed by atoms with E-state index in [0.717, 1.165) is 32.7 Å². The first-order valence-electron chi connectivity index (χ1n) is 8.92. The molecule has 0 unspecified atom stereocenters. The number of ether oxygens (including phenoxy) is 1. The van der Waals surface area contributed by atoms with Crippen LogP contribution in [0.1, 0.15) is 24.2 Å². The number of benzene rings is 1. The molecule has 1 aromatic carbocycles. The van der Waals surface area contributed by atoms with Crippen LogP contribution in [0.5, 0.6) is 11.6 Å². The van der Waals surface area contributed by atoms with Gasteiger partial charge in [-0.1, -0.05) is 13.8 Å². The smallest absolute Gasteiger partial charge is 0.255 e. The molecule has 0 N–H and O–H groups in total. The van der Waals surface area contributed by atoms with Gasteiger partial charge in [0.2, 0.25) is 5.88 Å². The Morgan fingerprint density at radius 2 is 1.81 bits per heavy atom. The summed E-state index contributed by atoms with van der Waals surface area (Å²) in [4.78, 5) is 21.1. The van der Waals surface area contributed by atoms with Crippen molar-refractivity contribution in [3.05, 3.63) is 54.0 Å². The monoisotopic (exact) mass is 357 g/mol. The van der Waals surface area contributed by atoms with Crippen molar-refractivity contribution in [1.82, 2.24) is 14.8 Å². The fourth-order valence-electron chi connectivity index (χ4n) is 3.02. The molecule has 0 atom stereocenters. The largest absolute Gasteiger partial charge is 0.439 e. The molecule has 2 heterocycles. The number of halogens is 1. The Bertz CT molecular complexity index is 724. The van der Waals surface area contributed by atoms with Crippen molar-refractivity contribution in [3.63, 3.8) is 0 Å². The lowest BCUT2D eigenvalue weighted by atomic mass is 10.1. The summed E-state index contributed by atoms with van der Waals surface area (Å²) in [7, 11) is 0. The van der Waals surface area contributed by atoms with E-state index >= 15 is 0 Å². The fourth-order valence-corrected chi connectivity index (χ4v) is 3.02. The molecule has 2 aromatic rings. The summed E-state index contributed by atoms with van der Waals surface area (Å²) in [5.41, 5.74) is 0.550. The molecule has 1 aromatic heterocycles. The van der Waals surface area contributed by atoms with Crippen LogP contribution in [0.2, 0.25) is 0 Å². The number of rotatable bonds is 5. The van der Waals surface area contributed by atoms with Crippen molar-refractivity contribution >= 4 is 5.91 Å². The summed E-state index contributed by atoms with van der Waals surface area (Å²) in [6, 6.07) is 9.10. The van der Waals surface area contributed by atoms with Crippen LogP contribution >= 0.6 is 0 Å². The maximum absolute atomic E-state index is 12.9. The van der Waals surface area contributed by atoms with Gasteiger partial charge in [0, 0.05) is 45.0 Å². The molecule has 138 valence electrons. The molecule has 26 heavy (non-hydrogen) atoms. The molecule has 5 nitrogen and oxygen atoms in total. The molecule has 1 fully saturated rings. The number of hydrogen-bond acceptors (Lipinski definition) is 4. The average molecular weight is 357 g/mol. The molecule has 0 radical (unpaired) electrons. The molecule has 1 aliphatic heterocycles. The summed E-state index contributed by atoms with van der Waals surface area (Å²) in [6.07, 6.45) is 1.53. The van der Waals surface area contributed by atoms with Gasteiger partial charge >= 0.3 is 0 Å². The molecule has 6 heteroatoms. The molecule has 3 rings (SSSR count). The Labute approximate surface area is 153 Å². The van der Waals surface area contributed by atoms with Gasteiger partial charge in [-0.05, 0) is 36.2 Å². The molecular weight excluding hydrogens is 333 g/mol. The minimum Gasteiger partial charge on any atom is -0.439 e. The van der Waals surface area contributed by atoms with Gasteiger partial charge in [0.05, 0.1) is 5.56 Å². The number of carbonyl (C=O) groups is 1. The van der Waals surface area contributed by atoms with Crippen LogP contribution in [0.4, 0.5) is 4.39 Å². The van der Waals surface area contributed by atoms with Crippen molar-refractivity contribution in [2.45, 2.75) is 13.8 Å². The maximum Gasteiger partial charge on any atom is 0.255 e. The third kappa shape index (κ3) is 4.79. The van der Waals surface area contributed by atoms with E-state index in [1.165, 1.54) is 30.5 Å². The van der Waals surface area contributed by atoms with Gasteiger partial charge in [0.1, 0.15) is 11.6 Å². The first-order valence-corrected chi connectivity index (χ1v) is 8.92. The normalized spacial score (nSPS) is 15.3. The summed E-state index contributed by atoms with van der Waals surface area (Å²) in [6.45, 7) is 8.77. The Balaban J connectivity index is 1.56. The molecular formula is C20H24FN3O2. The van der Waals surface area contributed by atoms with Crippen molar-refractivity contribution in [2.75, 3.05) is 32.7 Å². The van der Waals surface area contributed by atoms with E-state index in [4.69, 9.17) is 4.74 Å². The number of pyridine rings is 1. The number of carbonyl (C=O) groups excluding carboxylic acids is 1. The molecule has 1 saturated heterocycles. The molecule has 0 saturated carbocycles. The third-order valence-electron chi connectivity index (χ3n) is 4.30. The summed E-state index contributed by atoms with van der Waals surface area (Å²) >= 11 is 0. The van der Waals surface area contributed by atoms with Crippen LogP contribution in [0.15, 0.2) is 42.6 Å². The van der Waals surface area contributed by atoms with Crippen LogP contribution < -0.4 is 4.74 Å². The zero-order valence-electron chi connectivity index (χ0n) is 15.2. The van der Waals surface area contributed by atoms with Crippen molar-refractivity contribution < 1.29 is 13.9 Å². The van der Waals surface area contributed by atoms with Gasteiger partial charge in [-0.25, -0.2) is 9.37 Å². The highest BCUT2D eigenvalue weighted by atomic mass is 19.1. The third-order valence-corrected chi connectivity index (χ3v) is 4.30. The van der Waals surface area contributed by atoms with Crippen LogP contribution in [-0.2, 0) is 0 Å². The molecule has 1 aliphatic rings. The second-order valence-electron chi connectivity index (χ2n) is 6.93. The quantitative estimate of drug-likeness (QED) is 0.822. The molecule has 0 spiro atoms. The lowest BCUT2D eigenvalue weighted by molar-refractivity contribution is 0.0623. The van der Waals surface area contributed by atoms with E-state index in [0.29, 0.717) is 23.1 Å². The standard InChI is InChI=1S/C20H24FN3O2/c1-15(2)14-23-9-11-24(12-10-23)20(25)16-3-8-19(22-13-16)26-18-6-4-17(21)5-7-18/h3-8,13,15H,9-12,14H2,1-2H3. The lowest BCUT2D eigenvalue weighted by Gasteiger charge is -2.35. The Morgan fingerprint density at radius 3 is 2.38 bits per heavy atom. The fraction of sp³-hybridized carbons (Fsp3) is 0.400. The number of hydrogen-bond donors (Lipinski definition) is 0. The van der Waals surface area contributed by atoms with E-state index in [2.05, 4.69) is 23.7 Å². The summed E-state index contributed by atoms with van der Waals surface area (Å²) in [5.74, 6) is 1.18. The maximum atomic E-state index is 12.9. The van der Waals surface area contributed by atoms with Gasteiger partial charge < -0.3 is 9.64 Å². The Morgan fingerprint density at radius 1 is 1.12 bits per heavy atom. The average Bonchev–Trinajstić information content (AvgIpc) is 2.64. The van der Waals surface area contributed by atoms with Crippen LogP contribution in [-0.4, -0.2) is 53.4 Å². The number of amides is 1. The van der Waals surface area contributed by atoms with Crippen molar-refractivity contribution in [1.29, 1.82) is 0 Å². The van der Waals surface area contributed by atoms with E-state index in [-0.39, 0.29) is 11.7 Å². The summed E-state index contributed by atoms with van der Waals surface area (Å²) in [5, 5.41) is 0. The number of piperazine rings is 1.